The zero-order valence-electron chi connectivity index (χ0n) is 26.5. The Balaban J connectivity index is 0.958. The highest BCUT2D eigenvalue weighted by molar-refractivity contribution is 5.99. The van der Waals surface area contributed by atoms with E-state index in [0.29, 0.717) is 47.5 Å². The van der Waals surface area contributed by atoms with Gasteiger partial charge in [0, 0.05) is 12.2 Å². The molecule has 5 aromatic rings. The van der Waals surface area contributed by atoms with Gasteiger partial charge in [-0.3, -0.25) is 4.79 Å². The van der Waals surface area contributed by atoms with Gasteiger partial charge in [0.15, 0.2) is 17.6 Å². The van der Waals surface area contributed by atoms with Crippen LogP contribution in [0.2, 0.25) is 0 Å². The van der Waals surface area contributed by atoms with Crippen LogP contribution in [0, 0.1) is 0 Å². The van der Waals surface area contributed by atoms with E-state index in [0.717, 1.165) is 34.4 Å². The number of nitrogens with zero attached hydrogens (tertiary/aromatic N) is 3. The summed E-state index contributed by atoms with van der Waals surface area (Å²) in [6, 6.07) is 25.5. The second kappa shape index (κ2) is 15.6. The van der Waals surface area contributed by atoms with E-state index in [1.165, 1.54) is 6.26 Å². The molecule has 1 unspecified atom stereocenters. The van der Waals surface area contributed by atoms with Gasteiger partial charge in [0.05, 0.1) is 19.3 Å². The van der Waals surface area contributed by atoms with Crippen molar-refractivity contribution in [2.24, 2.45) is 0 Å². The van der Waals surface area contributed by atoms with Gasteiger partial charge in [0.25, 0.3) is 5.91 Å². The van der Waals surface area contributed by atoms with Crippen molar-refractivity contribution in [1.82, 2.24) is 14.9 Å². The summed E-state index contributed by atoms with van der Waals surface area (Å²) in [6.45, 7) is 0.208. The maximum absolute atomic E-state index is 13.0. The number of hydrogen-bond acceptors (Lipinski definition) is 9. The third-order valence-corrected chi connectivity index (χ3v) is 7.69. The van der Waals surface area contributed by atoms with Crippen LogP contribution in [0.25, 0.3) is 24.3 Å². The van der Waals surface area contributed by atoms with Crippen molar-refractivity contribution in [3.63, 3.8) is 0 Å². The van der Waals surface area contributed by atoms with Crippen molar-refractivity contribution in [1.29, 1.82) is 0 Å². The van der Waals surface area contributed by atoms with Crippen molar-refractivity contribution < 1.29 is 32.6 Å². The second-order valence-electron chi connectivity index (χ2n) is 11.2. The molecule has 2 aromatic heterocycles. The lowest BCUT2D eigenvalue weighted by Crippen LogP contribution is -2.31. The van der Waals surface area contributed by atoms with Crippen molar-refractivity contribution in [2.45, 2.75) is 44.9 Å². The van der Waals surface area contributed by atoms with Gasteiger partial charge in [-0.2, -0.15) is 0 Å². The van der Waals surface area contributed by atoms with Crippen LogP contribution in [-0.2, 0) is 29.1 Å². The quantitative estimate of drug-likeness (QED) is 0.105. The molecule has 10 heteroatoms. The fourth-order valence-electron chi connectivity index (χ4n) is 5.19. The van der Waals surface area contributed by atoms with Gasteiger partial charge in [-0.25, -0.2) is 19.7 Å². The zero-order valence-corrected chi connectivity index (χ0v) is 26.5. The summed E-state index contributed by atoms with van der Waals surface area (Å²) in [5.74, 6) is 1.72. The summed E-state index contributed by atoms with van der Waals surface area (Å²) in [6.07, 6.45) is 11.6. The summed E-state index contributed by atoms with van der Waals surface area (Å²) in [4.78, 5) is 35.4. The minimum absolute atomic E-state index is 0.00842. The molecular formula is C38H35N3O7. The number of carbonyl (C=O) groups is 2. The smallest absolute Gasteiger partial charge is 0.417 e. The maximum Gasteiger partial charge on any atom is 0.417 e. The highest BCUT2D eigenvalue weighted by Gasteiger charge is 2.40. The van der Waals surface area contributed by atoms with Gasteiger partial charge in [0.2, 0.25) is 11.8 Å². The Morgan fingerprint density at radius 2 is 1.42 bits per heavy atom. The number of unbranched alkanes of at least 4 members (excludes halogenated alkanes) is 1. The largest absolute Gasteiger partial charge is 0.493 e. The van der Waals surface area contributed by atoms with Crippen LogP contribution in [0.15, 0.2) is 100 Å². The highest BCUT2D eigenvalue weighted by Crippen LogP contribution is 2.30. The molecule has 1 atom stereocenters. The maximum atomic E-state index is 13.0. The van der Waals surface area contributed by atoms with Gasteiger partial charge in [-0.1, -0.05) is 66.7 Å². The Morgan fingerprint density at radius 3 is 2.08 bits per heavy atom. The van der Waals surface area contributed by atoms with Crippen LogP contribution in [0.3, 0.4) is 0 Å². The Kier molecular flexibility index (Phi) is 10.4. The zero-order chi connectivity index (χ0) is 33.1. The molecule has 1 saturated heterocycles. The van der Waals surface area contributed by atoms with Crippen molar-refractivity contribution >= 4 is 36.3 Å². The summed E-state index contributed by atoms with van der Waals surface area (Å²) >= 11 is 0. The average molecular weight is 646 g/mol. The summed E-state index contributed by atoms with van der Waals surface area (Å²) in [7, 11) is 1.60. The lowest BCUT2D eigenvalue weighted by atomic mass is 10.0. The molecule has 1 aliphatic rings. The highest BCUT2D eigenvalue weighted by atomic mass is 16.6. The number of carbonyl (C=O) groups excluding carboxylic acids is 2. The fraction of sp³-hybridized carbons (Fsp3) is 0.211. The number of amides is 2. The lowest BCUT2D eigenvalue weighted by Gasteiger charge is -2.12. The first-order valence-corrected chi connectivity index (χ1v) is 15.7. The third kappa shape index (κ3) is 8.47. The van der Waals surface area contributed by atoms with Crippen LogP contribution in [0.5, 0.6) is 11.5 Å². The van der Waals surface area contributed by atoms with E-state index in [2.05, 4.69) is 9.97 Å². The Morgan fingerprint density at radius 1 is 0.771 bits per heavy atom. The van der Waals surface area contributed by atoms with Crippen molar-refractivity contribution in [2.75, 3.05) is 7.11 Å². The molecular weight excluding hydrogens is 610 g/mol. The number of cyclic esters (lactones) is 1. The van der Waals surface area contributed by atoms with Crippen LogP contribution in [0.1, 0.15) is 59.1 Å². The normalized spacial score (nSPS) is 14.7. The number of aromatic nitrogens is 2. The van der Waals surface area contributed by atoms with Gasteiger partial charge >= 0.3 is 6.09 Å². The number of rotatable bonds is 15. The molecule has 0 bridgehead atoms. The fourth-order valence-corrected chi connectivity index (χ4v) is 5.19. The second-order valence-corrected chi connectivity index (χ2v) is 11.2. The number of benzene rings is 3. The predicted molar refractivity (Wildman–Crippen MR) is 179 cm³/mol. The summed E-state index contributed by atoms with van der Waals surface area (Å²) in [5, 5.41) is 0. The molecule has 10 nitrogen and oxygen atoms in total. The van der Waals surface area contributed by atoms with Gasteiger partial charge in [0.1, 0.15) is 24.8 Å². The molecule has 2 amide bonds. The monoisotopic (exact) mass is 645 g/mol. The molecule has 48 heavy (non-hydrogen) atoms. The SMILES string of the molecule is COc1ccc(CCCCC2OC(=O)N(Cc3coc(/C=C/c4ccccc4)n3)C2=O)cc1OCc1coc(/C=C/c2ccccc2)n1. The summed E-state index contributed by atoms with van der Waals surface area (Å²) in [5.41, 5.74) is 4.23. The predicted octanol–water partition coefficient (Wildman–Crippen LogP) is 7.85. The Hall–Kier alpha value is -5.90. The molecule has 0 radical (unpaired) electrons. The number of aryl methyl sites for hydroxylation is 1. The Bertz CT molecular complexity index is 1880. The van der Waals surface area contributed by atoms with Gasteiger partial charge in [-0.15, -0.1) is 0 Å². The van der Waals surface area contributed by atoms with Gasteiger partial charge < -0.3 is 23.0 Å². The van der Waals surface area contributed by atoms with Crippen LogP contribution < -0.4 is 9.47 Å². The molecule has 244 valence electrons. The van der Waals surface area contributed by atoms with Crippen molar-refractivity contribution in [3.05, 3.63) is 131 Å². The first-order chi connectivity index (χ1) is 23.5. The average Bonchev–Trinajstić information content (AvgIpc) is 3.85. The standard InChI is InChI=1S/C38H35N3O7/c1-44-32-19-16-29(22-34(32)45-25-31-26-47-36(40-31)21-18-28-12-6-3-7-13-28)14-8-9-15-33-37(42)41(38(43)48-33)23-30-24-46-35(39-30)20-17-27-10-4-2-5-11-27/h2-7,10-13,16-22,24,26,33H,8-9,14-15,23,25H2,1H3/b20-17+,21-18+. The van der Waals surface area contributed by atoms with E-state index < -0.39 is 12.2 Å². The van der Waals surface area contributed by atoms with E-state index in [4.69, 9.17) is 23.0 Å². The molecule has 1 aliphatic heterocycles. The van der Waals surface area contributed by atoms with Gasteiger partial charge in [-0.05, 0) is 66.7 Å². The van der Waals surface area contributed by atoms with E-state index in [1.807, 2.05) is 97.1 Å². The first kappa shape index (κ1) is 32.1. The van der Waals surface area contributed by atoms with E-state index >= 15 is 0 Å². The molecule has 3 heterocycles. The molecule has 0 aliphatic carbocycles. The lowest BCUT2D eigenvalue weighted by molar-refractivity contribution is -0.130. The van der Waals surface area contributed by atoms with E-state index in [-0.39, 0.29) is 19.1 Å². The number of methoxy groups -OCH3 is 1. The minimum Gasteiger partial charge on any atom is -0.493 e. The van der Waals surface area contributed by atoms with E-state index in [1.54, 1.807) is 19.4 Å². The molecule has 1 fully saturated rings. The first-order valence-electron chi connectivity index (χ1n) is 15.7. The van der Waals surface area contributed by atoms with E-state index in [9.17, 15) is 9.59 Å². The van der Waals surface area contributed by atoms with Crippen LogP contribution >= 0.6 is 0 Å². The van der Waals surface area contributed by atoms with Crippen molar-refractivity contribution in [3.8, 4) is 11.5 Å². The Labute approximate surface area is 278 Å². The van der Waals surface area contributed by atoms with Crippen LogP contribution in [0.4, 0.5) is 4.79 Å². The third-order valence-electron chi connectivity index (χ3n) is 7.69. The number of imide groups is 1. The minimum atomic E-state index is -0.813. The number of hydrogen-bond donors (Lipinski definition) is 0. The number of ether oxygens (including phenoxy) is 3. The molecule has 3 aromatic carbocycles. The van der Waals surface area contributed by atoms with Crippen LogP contribution in [-0.4, -0.2) is 40.1 Å². The molecule has 0 saturated carbocycles. The topological polar surface area (TPSA) is 117 Å². The molecule has 0 spiro atoms. The number of oxazole rings is 2. The molecule has 0 N–H and O–H groups in total. The summed E-state index contributed by atoms with van der Waals surface area (Å²) < 4.78 is 28.0. The molecule has 6 rings (SSSR count).